The summed E-state index contributed by atoms with van der Waals surface area (Å²) in [6, 6.07) is 3.40. The highest BCUT2D eigenvalue weighted by atomic mass is 19.1. The van der Waals surface area contributed by atoms with E-state index in [1.54, 1.807) is 0 Å². The fourth-order valence-corrected chi connectivity index (χ4v) is 2.57. The van der Waals surface area contributed by atoms with Crippen LogP contribution in [0.15, 0.2) is 24.5 Å². The average Bonchev–Trinajstić information content (AvgIpc) is 2.94. The Balaban J connectivity index is 0.00000100. The van der Waals surface area contributed by atoms with Gasteiger partial charge in [0.25, 0.3) is 0 Å². The topological polar surface area (TPSA) is 69.6 Å². The Morgan fingerprint density at radius 2 is 1.96 bits per heavy atom. The van der Waals surface area contributed by atoms with Crippen molar-refractivity contribution in [1.29, 1.82) is 0 Å². The number of fused-ring (bicyclic) bond motifs is 1. The third-order valence-electron chi connectivity index (χ3n) is 3.62. The molecule has 128 valence electrons. The van der Waals surface area contributed by atoms with E-state index in [0.717, 1.165) is 28.7 Å². The van der Waals surface area contributed by atoms with E-state index in [4.69, 9.17) is 5.73 Å². The second kappa shape index (κ2) is 7.38. The average molecular weight is 329 g/mol. The quantitative estimate of drug-likeness (QED) is 0.787. The number of halogens is 1. The molecule has 2 N–H and O–H groups in total. The molecule has 0 amide bonds. The predicted molar refractivity (Wildman–Crippen MR) is 95.4 cm³/mol. The maximum Gasteiger partial charge on any atom is 0.144 e. The number of hydrogen-bond acceptors (Lipinski definition) is 4. The molecule has 3 heterocycles. The molecule has 0 spiro atoms. The molecular formula is C18H24FN5. The van der Waals surface area contributed by atoms with Gasteiger partial charge in [-0.2, -0.15) is 0 Å². The molecule has 0 bridgehead atoms. The van der Waals surface area contributed by atoms with Crippen LogP contribution in [0.2, 0.25) is 0 Å². The molecule has 0 radical (unpaired) electrons. The fourth-order valence-electron chi connectivity index (χ4n) is 2.57. The Hall–Kier alpha value is -2.50. The SMILES string of the molecule is CC.Cc1nc(C(C)C)c2ccn(Cc3cc(F)cnc3N)c2n1. The van der Waals surface area contributed by atoms with Crippen molar-refractivity contribution in [2.45, 2.75) is 47.1 Å². The molecule has 0 atom stereocenters. The summed E-state index contributed by atoms with van der Waals surface area (Å²) in [5.74, 6) is 0.967. The van der Waals surface area contributed by atoms with Gasteiger partial charge in [0.1, 0.15) is 23.1 Å². The van der Waals surface area contributed by atoms with Gasteiger partial charge < -0.3 is 10.3 Å². The summed E-state index contributed by atoms with van der Waals surface area (Å²) in [5, 5.41) is 1.02. The second-order valence-electron chi connectivity index (χ2n) is 5.69. The molecule has 6 heteroatoms. The molecule has 0 aliphatic heterocycles. The number of nitrogens with two attached hydrogens (primary N) is 1. The summed E-state index contributed by atoms with van der Waals surface area (Å²) < 4.78 is 15.3. The predicted octanol–water partition coefficient (Wildman–Crippen LogP) is 4.05. The molecule has 0 saturated carbocycles. The third kappa shape index (κ3) is 3.53. The van der Waals surface area contributed by atoms with Crippen LogP contribution in [0, 0.1) is 12.7 Å². The first-order valence-electron chi connectivity index (χ1n) is 8.19. The fraction of sp³-hybridized carbons (Fsp3) is 0.389. The van der Waals surface area contributed by atoms with Crippen LogP contribution in [-0.4, -0.2) is 19.5 Å². The smallest absolute Gasteiger partial charge is 0.144 e. The lowest BCUT2D eigenvalue weighted by Gasteiger charge is -2.10. The molecule has 0 saturated heterocycles. The van der Waals surface area contributed by atoms with Crippen molar-refractivity contribution in [1.82, 2.24) is 19.5 Å². The minimum atomic E-state index is -0.394. The summed E-state index contributed by atoms with van der Waals surface area (Å²) in [6.07, 6.45) is 3.05. The van der Waals surface area contributed by atoms with Crippen molar-refractivity contribution in [3.05, 3.63) is 47.4 Å². The Morgan fingerprint density at radius 1 is 1.25 bits per heavy atom. The molecule has 0 fully saturated rings. The van der Waals surface area contributed by atoms with E-state index in [0.29, 0.717) is 23.8 Å². The maximum atomic E-state index is 13.4. The van der Waals surface area contributed by atoms with Gasteiger partial charge in [0.05, 0.1) is 18.4 Å². The van der Waals surface area contributed by atoms with Gasteiger partial charge in [-0.1, -0.05) is 27.7 Å². The summed E-state index contributed by atoms with van der Waals surface area (Å²) in [6.45, 7) is 10.5. The number of nitrogen functional groups attached to an aromatic ring is 1. The number of aromatic nitrogens is 4. The molecule has 3 rings (SSSR count). The largest absolute Gasteiger partial charge is 0.383 e. The Bertz CT molecular complexity index is 839. The summed E-state index contributed by atoms with van der Waals surface area (Å²) in [5.41, 5.74) is 8.33. The first-order chi connectivity index (χ1) is 11.5. The monoisotopic (exact) mass is 329 g/mol. The number of rotatable bonds is 3. The first-order valence-corrected chi connectivity index (χ1v) is 8.19. The van der Waals surface area contributed by atoms with Crippen LogP contribution in [0.4, 0.5) is 10.2 Å². The molecule has 5 nitrogen and oxygen atoms in total. The van der Waals surface area contributed by atoms with Gasteiger partial charge in [-0.05, 0) is 25.0 Å². The van der Waals surface area contributed by atoms with Gasteiger partial charge in [0.2, 0.25) is 0 Å². The molecule has 0 aliphatic rings. The van der Waals surface area contributed by atoms with Gasteiger partial charge in [0.15, 0.2) is 0 Å². The molecular weight excluding hydrogens is 305 g/mol. The second-order valence-corrected chi connectivity index (χ2v) is 5.69. The number of nitrogens with zero attached hydrogens (tertiary/aromatic N) is 4. The molecule has 24 heavy (non-hydrogen) atoms. The number of anilines is 1. The van der Waals surface area contributed by atoms with E-state index in [1.807, 2.05) is 37.6 Å². The summed E-state index contributed by atoms with van der Waals surface area (Å²) in [4.78, 5) is 12.9. The van der Waals surface area contributed by atoms with Gasteiger partial charge in [0, 0.05) is 17.1 Å². The number of hydrogen-bond donors (Lipinski definition) is 1. The third-order valence-corrected chi connectivity index (χ3v) is 3.62. The van der Waals surface area contributed by atoms with E-state index >= 15 is 0 Å². The van der Waals surface area contributed by atoms with Crippen LogP contribution in [0.5, 0.6) is 0 Å². The lowest BCUT2D eigenvalue weighted by molar-refractivity contribution is 0.617. The van der Waals surface area contributed by atoms with Crippen molar-refractivity contribution >= 4 is 16.9 Å². The highest BCUT2D eigenvalue weighted by Crippen LogP contribution is 2.24. The number of pyridine rings is 1. The van der Waals surface area contributed by atoms with Crippen molar-refractivity contribution in [3.63, 3.8) is 0 Å². The zero-order valence-corrected chi connectivity index (χ0v) is 14.8. The van der Waals surface area contributed by atoms with Crippen molar-refractivity contribution in [2.75, 3.05) is 5.73 Å². The minimum absolute atomic E-state index is 0.306. The van der Waals surface area contributed by atoms with E-state index in [9.17, 15) is 4.39 Å². The highest BCUT2D eigenvalue weighted by Gasteiger charge is 2.14. The summed E-state index contributed by atoms with van der Waals surface area (Å²) in [7, 11) is 0. The minimum Gasteiger partial charge on any atom is -0.383 e. The highest BCUT2D eigenvalue weighted by molar-refractivity contribution is 5.79. The molecule has 0 aliphatic carbocycles. The molecule has 3 aromatic rings. The van der Waals surface area contributed by atoms with Crippen LogP contribution in [0.1, 0.15) is 50.7 Å². The van der Waals surface area contributed by atoms with E-state index < -0.39 is 5.82 Å². The van der Waals surface area contributed by atoms with Crippen molar-refractivity contribution in [3.8, 4) is 0 Å². The van der Waals surface area contributed by atoms with E-state index in [2.05, 4.69) is 28.8 Å². The van der Waals surface area contributed by atoms with Crippen molar-refractivity contribution < 1.29 is 4.39 Å². The normalized spacial score (nSPS) is 10.8. The van der Waals surface area contributed by atoms with Crippen LogP contribution in [0.3, 0.4) is 0 Å². The zero-order valence-electron chi connectivity index (χ0n) is 14.8. The van der Waals surface area contributed by atoms with Crippen LogP contribution in [-0.2, 0) is 6.54 Å². The maximum absolute atomic E-state index is 13.4. The standard InChI is InChI=1S/C16H18FN5.C2H6/c1-9(2)14-13-4-5-22(16(13)21-10(3)20-14)8-11-6-12(17)7-19-15(11)18;1-2/h4-7,9H,8H2,1-3H3,(H2,18,19);1-2H3. The van der Waals surface area contributed by atoms with Gasteiger partial charge >= 0.3 is 0 Å². The van der Waals surface area contributed by atoms with E-state index in [-0.39, 0.29) is 0 Å². The van der Waals surface area contributed by atoms with Gasteiger partial charge in [-0.3, -0.25) is 0 Å². The molecule has 0 unspecified atom stereocenters. The van der Waals surface area contributed by atoms with Crippen molar-refractivity contribution in [2.24, 2.45) is 0 Å². The van der Waals surface area contributed by atoms with Crippen LogP contribution >= 0.6 is 0 Å². The Labute approximate surface area is 141 Å². The summed E-state index contributed by atoms with van der Waals surface area (Å²) >= 11 is 0. The molecule has 0 aromatic carbocycles. The molecule has 3 aromatic heterocycles. The first kappa shape index (κ1) is 17.8. The number of aryl methyl sites for hydroxylation is 1. The van der Waals surface area contributed by atoms with Crippen LogP contribution < -0.4 is 5.73 Å². The van der Waals surface area contributed by atoms with Crippen LogP contribution in [0.25, 0.3) is 11.0 Å². The van der Waals surface area contributed by atoms with Gasteiger partial charge in [-0.15, -0.1) is 0 Å². The lowest BCUT2D eigenvalue weighted by Crippen LogP contribution is -2.06. The zero-order chi connectivity index (χ0) is 17.9. The lowest BCUT2D eigenvalue weighted by atomic mass is 10.1. The Kier molecular flexibility index (Phi) is 5.49. The van der Waals surface area contributed by atoms with E-state index in [1.165, 1.54) is 6.07 Å². The Morgan fingerprint density at radius 3 is 2.62 bits per heavy atom. The van der Waals surface area contributed by atoms with Gasteiger partial charge in [-0.25, -0.2) is 19.3 Å².